The molecule has 1 atom stereocenters. The molecule has 0 saturated carbocycles. The molecule has 2 rings (SSSR count). The number of nitrogens with one attached hydrogen (secondary N) is 1. The third kappa shape index (κ3) is 4.10. The summed E-state index contributed by atoms with van der Waals surface area (Å²) >= 11 is 0. The summed E-state index contributed by atoms with van der Waals surface area (Å²) in [6, 6.07) is 4.42. The predicted octanol–water partition coefficient (Wildman–Crippen LogP) is 2.93. The van der Waals surface area contributed by atoms with Gasteiger partial charge in [0.1, 0.15) is 11.5 Å². The predicted molar refractivity (Wildman–Crippen MR) is 79.1 cm³/mol. The van der Waals surface area contributed by atoms with Crippen LogP contribution >= 0.6 is 0 Å². The summed E-state index contributed by atoms with van der Waals surface area (Å²) in [5.74, 6) is 2.62. The molecular weight excluding hydrogens is 252 g/mol. The maximum atomic E-state index is 12.0. The van der Waals surface area contributed by atoms with Crippen LogP contribution in [0.3, 0.4) is 0 Å². The van der Waals surface area contributed by atoms with Gasteiger partial charge in [-0.1, -0.05) is 27.2 Å². The Morgan fingerprint density at radius 1 is 1.40 bits per heavy atom. The highest BCUT2D eigenvalue weighted by molar-refractivity contribution is 5.78. The van der Waals surface area contributed by atoms with E-state index < -0.39 is 0 Å². The van der Waals surface area contributed by atoms with Gasteiger partial charge in [-0.15, -0.1) is 0 Å². The summed E-state index contributed by atoms with van der Waals surface area (Å²) < 4.78 is 5.78. The lowest BCUT2D eigenvalue weighted by Crippen LogP contribution is -2.24. The van der Waals surface area contributed by atoms with Crippen molar-refractivity contribution in [2.75, 3.05) is 6.54 Å². The third-order valence-electron chi connectivity index (χ3n) is 3.74. The van der Waals surface area contributed by atoms with Crippen LogP contribution in [0.1, 0.15) is 51.6 Å². The Morgan fingerprint density at radius 3 is 2.85 bits per heavy atom. The van der Waals surface area contributed by atoms with Crippen molar-refractivity contribution in [2.45, 2.75) is 59.2 Å². The molecule has 4 heteroatoms. The van der Waals surface area contributed by atoms with Crippen molar-refractivity contribution in [2.24, 2.45) is 5.92 Å². The number of rotatable bonds is 7. The Kier molecular flexibility index (Phi) is 5.24. The molecule has 0 aromatic carbocycles. The number of furan rings is 1. The molecule has 4 nitrogen and oxygen atoms in total. The second-order valence-corrected chi connectivity index (χ2v) is 6.04. The molecule has 1 N–H and O–H groups in total. The minimum Gasteiger partial charge on any atom is -0.463 e. The fourth-order valence-corrected chi connectivity index (χ4v) is 2.70. The Labute approximate surface area is 121 Å². The van der Waals surface area contributed by atoms with Gasteiger partial charge in [0.25, 0.3) is 0 Å². The molecule has 20 heavy (non-hydrogen) atoms. The van der Waals surface area contributed by atoms with Gasteiger partial charge in [-0.25, -0.2) is 0 Å². The van der Waals surface area contributed by atoms with Crippen LogP contribution in [-0.2, 0) is 17.9 Å². The van der Waals surface area contributed by atoms with E-state index in [9.17, 15) is 4.79 Å². The molecule has 1 aliphatic heterocycles. The van der Waals surface area contributed by atoms with Crippen LogP contribution in [0.2, 0.25) is 0 Å². The maximum absolute atomic E-state index is 12.0. The summed E-state index contributed by atoms with van der Waals surface area (Å²) in [5.41, 5.74) is 0. The van der Waals surface area contributed by atoms with Gasteiger partial charge in [-0.3, -0.25) is 4.79 Å². The molecule has 1 unspecified atom stereocenters. The van der Waals surface area contributed by atoms with Gasteiger partial charge in [-0.05, 0) is 24.5 Å². The molecule has 0 aliphatic carbocycles. The van der Waals surface area contributed by atoms with Crippen LogP contribution in [0.25, 0.3) is 0 Å². The first-order valence-corrected chi connectivity index (χ1v) is 7.67. The van der Waals surface area contributed by atoms with E-state index in [1.165, 1.54) is 0 Å². The molecule has 2 heterocycles. The van der Waals surface area contributed by atoms with Gasteiger partial charge in [0.15, 0.2) is 0 Å². The van der Waals surface area contributed by atoms with Crippen molar-refractivity contribution >= 4 is 5.91 Å². The highest BCUT2D eigenvalue weighted by atomic mass is 16.3. The quantitative estimate of drug-likeness (QED) is 0.834. The topological polar surface area (TPSA) is 45.5 Å². The SMILES string of the molecule is CCCC1CC(=O)N(Cc2ccc(CNC(C)C)o2)C1. The smallest absolute Gasteiger partial charge is 0.223 e. The van der Waals surface area contributed by atoms with Crippen LogP contribution in [0.15, 0.2) is 16.5 Å². The second-order valence-electron chi connectivity index (χ2n) is 6.04. The fourth-order valence-electron chi connectivity index (χ4n) is 2.70. The zero-order valence-electron chi connectivity index (χ0n) is 12.8. The average molecular weight is 278 g/mol. The van der Waals surface area contributed by atoms with Crippen molar-refractivity contribution in [3.05, 3.63) is 23.7 Å². The molecule has 1 fully saturated rings. The van der Waals surface area contributed by atoms with E-state index in [4.69, 9.17) is 4.42 Å². The molecule has 1 amide bonds. The molecule has 112 valence electrons. The van der Waals surface area contributed by atoms with Crippen LogP contribution in [0.5, 0.6) is 0 Å². The second kappa shape index (κ2) is 6.93. The number of carbonyl (C=O) groups is 1. The molecule has 0 spiro atoms. The zero-order chi connectivity index (χ0) is 14.5. The third-order valence-corrected chi connectivity index (χ3v) is 3.74. The number of nitrogens with zero attached hydrogens (tertiary/aromatic N) is 1. The first-order chi connectivity index (χ1) is 9.58. The van der Waals surface area contributed by atoms with Gasteiger partial charge >= 0.3 is 0 Å². The van der Waals surface area contributed by atoms with E-state index in [-0.39, 0.29) is 5.91 Å². The van der Waals surface area contributed by atoms with Crippen molar-refractivity contribution in [1.82, 2.24) is 10.2 Å². The minimum atomic E-state index is 0.265. The van der Waals surface area contributed by atoms with E-state index in [0.717, 1.165) is 37.5 Å². The molecular formula is C16H26N2O2. The van der Waals surface area contributed by atoms with Crippen LogP contribution in [0, 0.1) is 5.92 Å². The lowest BCUT2D eigenvalue weighted by atomic mass is 10.0. The molecule has 1 aromatic rings. The largest absolute Gasteiger partial charge is 0.463 e. The summed E-state index contributed by atoms with van der Waals surface area (Å²) in [4.78, 5) is 13.9. The summed E-state index contributed by atoms with van der Waals surface area (Å²) in [6.07, 6.45) is 3.00. The average Bonchev–Trinajstić information content (AvgIpc) is 2.96. The fraction of sp³-hybridized carbons (Fsp3) is 0.688. The number of hydrogen-bond acceptors (Lipinski definition) is 3. The minimum absolute atomic E-state index is 0.265. The normalized spacial score (nSPS) is 19.3. The van der Waals surface area contributed by atoms with Gasteiger partial charge < -0.3 is 14.6 Å². The van der Waals surface area contributed by atoms with Crippen LogP contribution in [-0.4, -0.2) is 23.4 Å². The number of likely N-dealkylation sites (tertiary alicyclic amines) is 1. The highest BCUT2D eigenvalue weighted by Gasteiger charge is 2.29. The monoisotopic (exact) mass is 278 g/mol. The Balaban J connectivity index is 1.86. The lowest BCUT2D eigenvalue weighted by molar-refractivity contribution is -0.128. The Hall–Kier alpha value is -1.29. The molecule has 0 bridgehead atoms. The van der Waals surface area contributed by atoms with Crippen molar-refractivity contribution in [3.63, 3.8) is 0 Å². The van der Waals surface area contributed by atoms with Gasteiger partial charge in [0, 0.05) is 19.0 Å². The summed E-state index contributed by atoms with van der Waals surface area (Å²) in [6.45, 7) is 8.63. The zero-order valence-corrected chi connectivity index (χ0v) is 12.8. The van der Waals surface area contributed by atoms with Gasteiger partial charge in [-0.2, -0.15) is 0 Å². The van der Waals surface area contributed by atoms with Crippen LogP contribution < -0.4 is 5.32 Å². The Bertz CT molecular complexity index is 439. The van der Waals surface area contributed by atoms with Gasteiger partial charge in [0.2, 0.25) is 5.91 Å². The molecule has 1 aromatic heterocycles. The van der Waals surface area contributed by atoms with Gasteiger partial charge in [0.05, 0.1) is 13.1 Å². The molecule has 1 aliphatic rings. The summed E-state index contributed by atoms with van der Waals surface area (Å²) in [7, 11) is 0. The van der Waals surface area contributed by atoms with E-state index in [1.807, 2.05) is 17.0 Å². The number of carbonyl (C=O) groups excluding carboxylic acids is 1. The van der Waals surface area contributed by atoms with Crippen molar-refractivity contribution < 1.29 is 9.21 Å². The molecule has 0 radical (unpaired) electrons. The van der Waals surface area contributed by atoms with Crippen molar-refractivity contribution in [1.29, 1.82) is 0 Å². The van der Waals surface area contributed by atoms with Crippen molar-refractivity contribution in [3.8, 4) is 0 Å². The first kappa shape index (κ1) is 15.1. The Morgan fingerprint density at radius 2 is 2.15 bits per heavy atom. The van der Waals surface area contributed by atoms with E-state index >= 15 is 0 Å². The van der Waals surface area contributed by atoms with E-state index in [2.05, 4.69) is 26.1 Å². The lowest BCUT2D eigenvalue weighted by Gasteiger charge is -2.14. The first-order valence-electron chi connectivity index (χ1n) is 7.67. The van der Waals surface area contributed by atoms with Crippen LogP contribution in [0.4, 0.5) is 0 Å². The summed E-state index contributed by atoms with van der Waals surface area (Å²) in [5, 5.41) is 3.33. The molecule has 1 saturated heterocycles. The number of hydrogen-bond donors (Lipinski definition) is 1. The van der Waals surface area contributed by atoms with E-state index in [0.29, 0.717) is 24.9 Å². The standard InChI is InChI=1S/C16H26N2O2/c1-4-5-13-8-16(19)18(10-13)11-15-7-6-14(20-15)9-17-12(2)3/h6-7,12-13,17H,4-5,8-11H2,1-3H3. The number of amides is 1. The maximum Gasteiger partial charge on any atom is 0.223 e. The highest BCUT2D eigenvalue weighted by Crippen LogP contribution is 2.24. The van der Waals surface area contributed by atoms with E-state index in [1.54, 1.807) is 0 Å².